The Labute approximate surface area is 152 Å². The number of amides is 3. The quantitative estimate of drug-likeness (QED) is 0.701. The fourth-order valence-electron chi connectivity index (χ4n) is 2.45. The molecule has 3 rings (SSSR count). The molecule has 0 spiro atoms. The number of hydrogen-bond donors (Lipinski definition) is 3. The fraction of sp³-hybridized carbons (Fsp3) is 0.250. The Morgan fingerprint density at radius 1 is 1.16 bits per heavy atom. The summed E-state index contributed by atoms with van der Waals surface area (Å²) in [6.45, 7) is -0.297. The number of nitrogens with zero attached hydrogens (tertiary/aromatic N) is 1. The van der Waals surface area contributed by atoms with E-state index >= 15 is 0 Å². The van der Waals surface area contributed by atoms with Crippen LogP contribution in [-0.4, -0.2) is 29.3 Å². The van der Waals surface area contributed by atoms with Crippen LogP contribution in [0, 0.1) is 0 Å². The van der Waals surface area contributed by atoms with Crippen molar-refractivity contribution >= 4 is 40.7 Å². The maximum atomic E-state index is 12.0. The van der Waals surface area contributed by atoms with Gasteiger partial charge in [-0.1, -0.05) is 11.6 Å². The van der Waals surface area contributed by atoms with E-state index < -0.39 is 11.8 Å². The van der Waals surface area contributed by atoms with Gasteiger partial charge in [0, 0.05) is 16.1 Å². The summed E-state index contributed by atoms with van der Waals surface area (Å²) >= 11 is 7.22. The first kappa shape index (κ1) is 17.4. The molecule has 0 aliphatic heterocycles. The predicted octanol–water partition coefficient (Wildman–Crippen LogP) is 1.48. The molecular formula is C16H15ClN4O3S. The molecule has 25 heavy (non-hydrogen) atoms. The van der Waals surface area contributed by atoms with E-state index in [1.54, 1.807) is 6.07 Å². The van der Waals surface area contributed by atoms with Crippen molar-refractivity contribution < 1.29 is 14.4 Å². The SMILES string of the molecule is O=C(CNC(=O)c1cc(Cl)ccn1)NNC(=O)c1cc2c(s1)CCC2. The normalized spacial score (nSPS) is 12.4. The van der Waals surface area contributed by atoms with Crippen LogP contribution < -0.4 is 16.2 Å². The van der Waals surface area contributed by atoms with Gasteiger partial charge < -0.3 is 5.32 Å². The number of fused-ring (bicyclic) bond motifs is 1. The zero-order valence-electron chi connectivity index (χ0n) is 13.1. The summed E-state index contributed by atoms with van der Waals surface area (Å²) in [4.78, 5) is 41.3. The van der Waals surface area contributed by atoms with Crippen molar-refractivity contribution in [3.8, 4) is 0 Å². The van der Waals surface area contributed by atoms with Gasteiger partial charge in [-0.2, -0.15) is 0 Å². The summed E-state index contributed by atoms with van der Waals surface area (Å²) in [6.07, 6.45) is 4.52. The minimum absolute atomic E-state index is 0.109. The van der Waals surface area contributed by atoms with Crippen LogP contribution in [0.4, 0.5) is 0 Å². The number of carbonyl (C=O) groups is 3. The Balaban J connectivity index is 1.44. The van der Waals surface area contributed by atoms with E-state index in [1.165, 1.54) is 34.0 Å². The topological polar surface area (TPSA) is 100 Å². The Kier molecular flexibility index (Phi) is 5.30. The lowest BCUT2D eigenvalue weighted by molar-refractivity contribution is -0.120. The maximum absolute atomic E-state index is 12.0. The molecule has 0 unspecified atom stereocenters. The Hall–Kier alpha value is -2.45. The van der Waals surface area contributed by atoms with Crippen molar-refractivity contribution in [1.29, 1.82) is 0 Å². The second-order valence-corrected chi connectivity index (χ2v) is 7.03. The van der Waals surface area contributed by atoms with E-state index in [2.05, 4.69) is 21.2 Å². The molecule has 0 radical (unpaired) electrons. The van der Waals surface area contributed by atoms with Gasteiger partial charge in [-0.05, 0) is 43.0 Å². The van der Waals surface area contributed by atoms with Crippen LogP contribution in [-0.2, 0) is 17.6 Å². The molecule has 0 atom stereocenters. The molecule has 0 saturated heterocycles. The number of carbonyl (C=O) groups excluding carboxylic acids is 3. The molecule has 1 aliphatic carbocycles. The molecule has 0 aromatic carbocycles. The summed E-state index contributed by atoms with van der Waals surface area (Å²) in [5, 5.41) is 2.77. The van der Waals surface area contributed by atoms with Gasteiger partial charge in [0.1, 0.15) is 5.69 Å². The minimum atomic E-state index is -0.548. The summed E-state index contributed by atoms with van der Waals surface area (Å²) in [7, 11) is 0. The summed E-state index contributed by atoms with van der Waals surface area (Å²) in [5.74, 6) is -1.44. The number of aromatic nitrogens is 1. The molecule has 0 saturated carbocycles. The first-order valence-electron chi connectivity index (χ1n) is 7.63. The number of nitrogens with one attached hydrogen (secondary N) is 3. The number of aryl methyl sites for hydroxylation is 2. The number of rotatable bonds is 4. The van der Waals surface area contributed by atoms with E-state index in [9.17, 15) is 14.4 Å². The predicted molar refractivity (Wildman–Crippen MR) is 93.5 cm³/mol. The van der Waals surface area contributed by atoms with Crippen LogP contribution in [0.5, 0.6) is 0 Å². The average Bonchev–Trinajstić information content (AvgIpc) is 3.19. The first-order valence-corrected chi connectivity index (χ1v) is 8.83. The third-order valence-electron chi connectivity index (χ3n) is 3.65. The van der Waals surface area contributed by atoms with Crippen molar-refractivity contribution in [1.82, 2.24) is 21.2 Å². The fourth-order valence-corrected chi connectivity index (χ4v) is 3.76. The van der Waals surface area contributed by atoms with Crippen molar-refractivity contribution in [2.75, 3.05) is 6.54 Å². The molecule has 0 bridgehead atoms. The zero-order valence-corrected chi connectivity index (χ0v) is 14.7. The Morgan fingerprint density at radius 2 is 2.00 bits per heavy atom. The highest BCUT2D eigenvalue weighted by molar-refractivity contribution is 7.14. The molecular weight excluding hydrogens is 364 g/mol. The monoisotopic (exact) mass is 378 g/mol. The van der Waals surface area contributed by atoms with E-state index in [0.29, 0.717) is 9.90 Å². The van der Waals surface area contributed by atoms with Crippen LogP contribution >= 0.6 is 22.9 Å². The van der Waals surface area contributed by atoms with E-state index in [1.807, 2.05) is 6.07 Å². The van der Waals surface area contributed by atoms with Crippen LogP contribution in [0.15, 0.2) is 24.4 Å². The van der Waals surface area contributed by atoms with Gasteiger partial charge in [0.15, 0.2) is 0 Å². The Bertz CT molecular complexity index is 815. The van der Waals surface area contributed by atoms with Gasteiger partial charge >= 0.3 is 0 Å². The van der Waals surface area contributed by atoms with Gasteiger partial charge in [0.05, 0.1) is 11.4 Å². The highest BCUT2D eigenvalue weighted by atomic mass is 35.5. The smallest absolute Gasteiger partial charge is 0.279 e. The van der Waals surface area contributed by atoms with E-state index in [0.717, 1.165) is 19.3 Å². The summed E-state index contributed by atoms with van der Waals surface area (Å²) in [6, 6.07) is 4.80. The van der Waals surface area contributed by atoms with Gasteiger partial charge in [0.25, 0.3) is 17.7 Å². The molecule has 2 aromatic heterocycles. The molecule has 2 aromatic rings. The van der Waals surface area contributed by atoms with E-state index in [4.69, 9.17) is 11.6 Å². The summed E-state index contributed by atoms with van der Waals surface area (Å²) < 4.78 is 0. The zero-order chi connectivity index (χ0) is 17.8. The molecule has 3 N–H and O–H groups in total. The van der Waals surface area contributed by atoms with Crippen LogP contribution in [0.1, 0.15) is 37.0 Å². The van der Waals surface area contributed by atoms with Crippen molar-refractivity contribution in [3.63, 3.8) is 0 Å². The first-order chi connectivity index (χ1) is 12.0. The van der Waals surface area contributed by atoms with Crippen LogP contribution in [0.3, 0.4) is 0 Å². The lowest BCUT2D eigenvalue weighted by atomic mass is 10.2. The van der Waals surface area contributed by atoms with Crippen molar-refractivity contribution in [3.05, 3.63) is 50.4 Å². The van der Waals surface area contributed by atoms with Gasteiger partial charge in [-0.3, -0.25) is 30.2 Å². The van der Waals surface area contributed by atoms with Gasteiger partial charge in [-0.25, -0.2) is 0 Å². The maximum Gasteiger partial charge on any atom is 0.279 e. The molecule has 1 aliphatic rings. The van der Waals surface area contributed by atoms with Crippen molar-refractivity contribution in [2.24, 2.45) is 0 Å². The highest BCUT2D eigenvalue weighted by Crippen LogP contribution is 2.30. The standard InChI is InChI=1S/C16H15ClN4O3S/c17-10-4-5-18-11(7-10)15(23)19-8-14(22)20-21-16(24)13-6-9-2-1-3-12(9)25-13/h4-7H,1-3,8H2,(H,19,23)(H,20,22)(H,21,24). The molecule has 0 fully saturated rings. The van der Waals surface area contributed by atoms with Crippen LogP contribution in [0.2, 0.25) is 5.02 Å². The number of pyridine rings is 1. The molecule has 9 heteroatoms. The van der Waals surface area contributed by atoms with E-state index in [-0.39, 0.29) is 18.1 Å². The largest absolute Gasteiger partial charge is 0.342 e. The molecule has 130 valence electrons. The third-order valence-corrected chi connectivity index (χ3v) is 5.12. The Morgan fingerprint density at radius 3 is 2.76 bits per heavy atom. The van der Waals surface area contributed by atoms with Gasteiger partial charge in [-0.15, -0.1) is 11.3 Å². The molecule has 2 heterocycles. The number of hydrazine groups is 1. The lowest BCUT2D eigenvalue weighted by Crippen LogP contribution is -2.46. The van der Waals surface area contributed by atoms with Crippen molar-refractivity contribution in [2.45, 2.75) is 19.3 Å². The number of thiophene rings is 1. The minimum Gasteiger partial charge on any atom is -0.342 e. The molecule has 7 nitrogen and oxygen atoms in total. The van der Waals surface area contributed by atoms with Gasteiger partial charge in [0.2, 0.25) is 0 Å². The number of halogens is 1. The number of hydrogen-bond acceptors (Lipinski definition) is 5. The second-order valence-electron chi connectivity index (χ2n) is 5.46. The summed E-state index contributed by atoms with van der Waals surface area (Å²) in [5.41, 5.74) is 5.93. The third kappa shape index (κ3) is 4.34. The van der Waals surface area contributed by atoms with Crippen LogP contribution in [0.25, 0.3) is 0 Å². The second kappa shape index (κ2) is 7.62. The molecule has 3 amide bonds. The highest BCUT2D eigenvalue weighted by Gasteiger charge is 2.18. The lowest BCUT2D eigenvalue weighted by Gasteiger charge is -2.07. The average molecular weight is 379 g/mol.